The minimum atomic E-state index is -0.0575. The fraction of sp³-hybridized carbons (Fsp3) is 0.400. The number of rotatable bonds is 5. The largest absolute Gasteiger partial charge is 0.358 e. The Kier molecular flexibility index (Phi) is 5.72. The molecule has 1 aliphatic carbocycles. The molecule has 1 amide bonds. The molecule has 2 aromatic carbocycles. The molecule has 4 heteroatoms. The second-order valence-corrected chi connectivity index (χ2v) is 8.45. The van der Waals surface area contributed by atoms with Gasteiger partial charge < -0.3 is 10.3 Å². The lowest BCUT2D eigenvalue weighted by Crippen LogP contribution is -2.33. The van der Waals surface area contributed by atoms with Crippen molar-refractivity contribution in [1.82, 2.24) is 9.88 Å². The summed E-state index contributed by atoms with van der Waals surface area (Å²) in [5.74, 6) is -0.0575. The smallest absolute Gasteiger partial charge is 0.255 e. The van der Waals surface area contributed by atoms with Gasteiger partial charge in [0, 0.05) is 40.4 Å². The zero-order valence-electron chi connectivity index (χ0n) is 17.7. The maximum absolute atomic E-state index is 13.0. The summed E-state index contributed by atoms with van der Waals surface area (Å²) < 4.78 is 0. The van der Waals surface area contributed by atoms with Gasteiger partial charge in [-0.05, 0) is 69.1 Å². The van der Waals surface area contributed by atoms with Crippen LogP contribution in [0.1, 0.15) is 59.3 Å². The number of amides is 1. The first kappa shape index (κ1) is 19.7. The van der Waals surface area contributed by atoms with E-state index in [1.807, 2.05) is 30.3 Å². The van der Waals surface area contributed by atoms with E-state index in [9.17, 15) is 4.79 Å². The number of nitrogens with zero attached hydrogens (tertiary/aromatic N) is 1. The molecular weight excluding hydrogens is 358 g/mol. The van der Waals surface area contributed by atoms with Crippen molar-refractivity contribution in [3.05, 3.63) is 64.8 Å². The number of hydrogen-bond donors (Lipinski definition) is 2. The van der Waals surface area contributed by atoms with Crippen LogP contribution in [0, 0.1) is 13.8 Å². The van der Waals surface area contributed by atoms with Crippen molar-refractivity contribution in [2.45, 2.75) is 58.5 Å². The van der Waals surface area contributed by atoms with Crippen molar-refractivity contribution >= 4 is 22.5 Å². The predicted octanol–water partition coefficient (Wildman–Crippen LogP) is 5.80. The maximum Gasteiger partial charge on any atom is 0.255 e. The van der Waals surface area contributed by atoms with E-state index in [0.29, 0.717) is 11.6 Å². The van der Waals surface area contributed by atoms with Crippen molar-refractivity contribution < 1.29 is 4.79 Å². The zero-order valence-corrected chi connectivity index (χ0v) is 17.7. The SMILES string of the molecule is Cc1[nH]c2ccc(C(=O)Nc3ccccc3CN(C)C3CCCCC3)cc2c1C. The predicted molar refractivity (Wildman–Crippen MR) is 121 cm³/mol. The highest BCUT2D eigenvalue weighted by Gasteiger charge is 2.19. The topological polar surface area (TPSA) is 48.1 Å². The van der Waals surface area contributed by atoms with Crippen LogP contribution in [-0.4, -0.2) is 28.9 Å². The van der Waals surface area contributed by atoms with Gasteiger partial charge in [-0.1, -0.05) is 37.5 Å². The van der Waals surface area contributed by atoms with Crippen LogP contribution < -0.4 is 5.32 Å². The first-order valence-corrected chi connectivity index (χ1v) is 10.7. The standard InChI is InChI=1S/C25H31N3O/c1-17-18(2)26-24-14-13-19(15-22(17)24)25(29)27-23-12-8-7-9-20(23)16-28(3)21-10-5-4-6-11-21/h7-9,12-15,21,26H,4-6,10-11,16H2,1-3H3,(H,27,29). The summed E-state index contributed by atoms with van der Waals surface area (Å²) in [6, 6.07) is 14.7. The molecule has 0 unspecified atom stereocenters. The lowest BCUT2D eigenvalue weighted by atomic mass is 9.94. The summed E-state index contributed by atoms with van der Waals surface area (Å²) in [4.78, 5) is 18.8. The van der Waals surface area contributed by atoms with Gasteiger partial charge in [-0.25, -0.2) is 0 Å². The Morgan fingerprint density at radius 3 is 2.66 bits per heavy atom. The minimum Gasteiger partial charge on any atom is -0.358 e. The van der Waals surface area contributed by atoms with Gasteiger partial charge in [-0.15, -0.1) is 0 Å². The van der Waals surface area contributed by atoms with Gasteiger partial charge >= 0.3 is 0 Å². The van der Waals surface area contributed by atoms with E-state index in [-0.39, 0.29) is 5.91 Å². The fourth-order valence-electron chi connectivity index (χ4n) is 4.50. The molecule has 0 spiro atoms. The van der Waals surface area contributed by atoms with E-state index in [4.69, 9.17) is 0 Å². The van der Waals surface area contributed by atoms with E-state index < -0.39 is 0 Å². The monoisotopic (exact) mass is 389 g/mol. The number of H-pyrrole nitrogens is 1. The second kappa shape index (κ2) is 8.42. The van der Waals surface area contributed by atoms with Crippen molar-refractivity contribution in [2.24, 2.45) is 0 Å². The number of aromatic nitrogens is 1. The number of fused-ring (bicyclic) bond motifs is 1. The third-order valence-electron chi connectivity index (χ3n) is 6.45. The molecule has 4 rings (SSSR count). The zero-order chi connectivity index (χ0) is 20.4. The summed E-state index contributed by atoms with van der Waals surface area (Å²) in [7, 11) is 2.21. The highest BCUT2D eigenvalue weighted by molar-refractivity contribution is 6.07. The Morgan fingerprint density at radius 2 is 1.86 bits per heavy atom. The molecule has 4 nitrogen and oxygen atoms in total. The van der Waals surface area contributed by atoms with E-state index in [0.717, 1.165) is 28.8 Å². The molecule has 1 saturated carbocycles. The van der Waals surface area contributed by atoms with Crippen LogP contribution in [0.2, 0.25) is 0 Å². The third kappa shape index (κ3) is 4.23. The third-order valence-corrected chi connectivity index (χ3v) is 6.45. The van der Waals surface area contributed by atoms with Crippen molar-refractivity contribution in [2.75, 3.05) is 12.4 Å². The first-order chi connectivity index (χ1) is 14.0. The van der Waals surface area contributed by atoms with Gasteiger partial charge in [-0.3, -0.25) is 9.69 Å². The number of hydrogen-bond acceptors (Lipinski definition) is 2. The fourth-order valence-corrected chi connectivity index (χ4v) is 4.50. The van der Waals surface area contributed by atoms with Crippen LogP contribution >= 0.6 is 0 Å². The van der Waals surface area contributed by atoms with Crippen molar-refractivity contribution in [1.29, 1.82) is 0 Å². The highest BCUT2D eigenvalue weighted by atomic mass is 16.1. The average Bonchev–Trinajstić information content (AvgIpc) is 3.03. The number of anilines is 1. The van der Waals surface area contributed by atoms with E-state index in [1.54, 1.807) is 0 Å². The molecule has 0 saturated heterocycles. The summed E-state index contributed by atoms with van der Waals surface area (Å²) in [5.41, 5.74) is 6.19. The Morgan fingerprint density at radius 1 is 1.10 bits per heavy atom. The lowest BCUT2D eigenvalue weighted by molar-refractivity contribution is 0.102. The molecule has 3 aromatic rings. The maximum atomic E-state index is 13.0. The number of carbonyl (C=O) groups excluding carboxylic acids is 1. The quantitative estimate of drug-likeness (QED) is 0.579. The van der Waals surface area contributed by atoms with Crippen LogP contribution in [-0.2, 0) is 6.54 Å². The van der Waals surface area contributed by atoms with Gasteiger partial charge in [0.25, 0.3) is 5.91 Å². The van der Waals surface area contributed by atoms with Crippen LogP contribution in [0.4, 0.5) is 5.69 Å². The summed E-state index contributed by atoms with van der Waals surface area (Å²) in [6.45, 7) is 5.01. The first-order valence-electron chi connectivity index (χ1n) is 10.7. The number of benzene rings is 2. The summed E-state index contributed by atoms with van der Waals surface area (Å²) in [5, 5.41) is 4.26. The lowest BCUT2D eigenvalue weighted by Gasteiger charge is -2.31. The Balaban J connectivity index is 1.52. The average molecular weight is 390 g/mol. The number of aryl methyl sites for hydroxylation is 2. The summed E-state index contributed by atoms with van der Waals surface area (Å²) in [6.07, 6.45) is 6.57. The molecule has 0 aliphatic heterocycles. The summed E-state index contributed by atoms with van der Waals surface area (Å²) >= 11 is 0. The highest BCUT2D eigenvalue weighted by Crippen LogP contribution is 2.26. The van der Waals surface area contributed by atoms with Gasteiger partial charge in [-0.2, -0.15) is 0 Å². The molecule has 1 heterocycles. The minimum absolute atomic E-state index is 0.0575. The Hall–Kier alpha value is -2.59. The number of para-hydroxylation sites is 1. The molecule has 1 fully saturated rings. The number of nitrogens with one attached hydrogen (secondary N) is 2. The molecule has 2 N–H and O–H groups in total. The van der Waals surface area contributed by atoms with E-state index in [2.05, 4.69) is 48.2 Å². The molecule has 1 aliphatic rings. The number of carbonyl (C=O) groups is 1. The molecule has 0 radical (unpaired) electrons. The molecular formula is C25H31N3O. The van der Waals surface area contributed by atoms with Crippen LogP contribution in [0.5, 0.6) is 0 Å². The van der Waals surface area contributed by atoms with Crippen LogP contribution in [0.3, 0.4) is 0 Å². The van der Waals surface area contributed by atoms with Gasteiger partial charge in [0.1, 0.15) is 0 Å². The van der Waals surface area contributed by atoms with Gasteiger partial charge in [0.2, 0.25) is 0 Å². The van der Waals surface area contributed by atoms with Crippen molar-refractivity contribution in [3.63, 3.8) is 0 Å². The number of aromatic amines is 1. The van der Waals surface area contributed by atoms with E-state index >= 15 is 0 Å². The van der Waals surface area contributed by atoms with E-state index in [1.165, 1.54) is 43.2 Å². The molecule has 152 valence electrons. The Labute approximate surface area is 173 Å². The molecule has 0 bridgehead atoms. The van der Waals surface area contributed by atoms with Crippen LogP contribution in [0.25, 0.3) is 10.9 Å². The molecule has 0 atom stereocenters. The van der Waals surface area contributed by atoms with Gasteiger partial charge in [0.15, 0.2) is 0 Å². The van der Waals surface area contributed by atoms with Gasteiger partial charge in [0.05, 0.1) is 0 Å². The second-order valence-electron chi connectivity index (χ2n) is 8.45. The normalized spacial score (nSPS) is 15.2. The molecule has 1 aromatic heterocycles. The van der Waals surface area contributed by atoms with Crippen LogP contribution in [0.15, 0.2) is 42.5 Å². The Bertz CT molecular complexity index is 1010. The van der Waals surface area contributed by atoms with Crippen molar-refractivity contribution in [3.8, 4) is 0 Å². The molecule has 29 heavy (non-hydrogen) atoms.